The molecule has 1 aromatic carbocycles. The summed E-state index contributed by atoms with van der Waals surface area (Å²) in [5.74, 6) is -0.401. The van der Waals surface area contributed by atoms with Crippen molar-refractivity contribution in [2.75, 3.05) is 11.4 Å². The number of hydrogen-bond acceptors (Lipinski definition) is 3. The van der Waals surface area contributed by atoms with E-state index in [9.17, 15) is 14.7 Å². The van der Waals surface area contributed by atoms with Crippen molar-refractivity contribution in [3.8, 4) is 0 Å². The number of anilines is 1. The monoisotopic (exact) mass is 239 g/mol. The lowest BCUT2D eigenvalue weighted by Gasteiger charge is -2.19. The maximum atomic E-state index is 11.6. The molecule has 1 fully saturated rings. The molecular weight excluding hydrogens is 230 g/mol. The molecule has 5 heteroatoms. The Kier molecular flexibility index (Phi) is 2.94. The van der Waals surface area contributed by atoms with Crippen LogP contribution in [0.25, 0.3) is 0 Å². The quantitative estimate of drug-likeness (QED) is 0.788. The lowest BCUT2D eigenvalue weighted by molar-refractivity contribution is -0.121. The second-order valence-electron chi connectivity index (χ2n) is 3.60. The van der Waals surface area contributed by atoms with Crippen molar-refractivity contribution in [1.82, 2.24) is 0 Å². The number of hydrogen-bond donors (Lipinski definition) is 1. The van der Waals surface area contributed by atoms with Crippen LogP contribution in [0, 0.1) is 0 Å². The molecule has 2 rings (SSSR count). The van der Waals surface area contributed by atoms with Crippen LogP contribution in [0.5, 0.6) is 0 Å². The molecule has 1 aromatic rings. The summed E-state index contributed by atoms with van der Waals surface area (Å²) in [4.78, 5) is 24.1. The van der Waals surface area contributed by atoms with Crippen LogP contribution in [0.4, 0.5) is 5.69 Å². The van der Waals surface area contributed by atoms with Crippen LogP contribution >= 0.6 is 11.6 Å². The SMILES string of the molecule is O=C1CC(=O)N(c2c(Cl)cccc2CO)C1. The molecule has 4 nitrogen and oxygen atoms in total. The summed E-state index contributed by atoms with van der Waals surface area (Å²) in [6, 6.07) is 5.00. The van der Waals surface area contributed by atoms with Gasteiger partial charge in [-0.05, 0) is 6.07 Å². The number of aliphatic hydroxyl groups is 1. The summed E-state index contributed by atoms with van der Waals surface area (Å²) in [5.41, 5.74) is 0.998. The minimum Gasteiger partial charge on any atom is -0.392 e. The van der Waals surface area contributed by atoms with Gasteiger partial charge in [0.2, 0.25) is 5.91 Å². The van der Waals surface area contributed by atoms with Crippen LogP contribution in [0.3, 0.4) is 0 Å². The predicted octanol–water partition coefficient (Wildman–Crippen LogP) is 1.14. The number of ketones is 1. The molecule has 0 aliphatic carbocycles. The average molecular weight is 240 g/mol. The maximum Gasteiger partial charge on any atom is 0.234 e. The van der Waals surface area contributed by atoms with E-state index in [4.69, 9.17) is 11.6 Å². The zero-order valence-corrected chi connectivity index (χ0v) is 9.20. The highest BCUT2D eigenvalue weighted by Crippen LogP contribution is 2.32. The predicted molar refractivity (Wildman–Crippen MR) is 59.4 cm³/mol. The fourth-order valence-corrected chi connectivity index (χ4v) is 2.07. The Morgan fingerprint density at radius 3 is 2.69 bits per heavy atom. The Hall–Kier alpha value is -1.39. The molecule has 84 valence electrons. The zero-order valence-electron chi connectivity index (χ0n) is 8.44. The van der Waals surface area contributed by atoms with Gasteiger partial charge >= 0.3 is 0 Å². The fourth-order valence-electron chi connectivity index (χ4n) is 1.78. The molecule has 1 N–H and O–H groups in total. The molecule has 1 heterocycles. The van der Waals surface area contributed by atoms with E-state index in [0.717, 1.165) is 0 Å². The summed E-state index contributed by atoms with van der Waals surface area (Å²) < 4.78 is 0. The summed E-state index contributed by atoms with van der Waals surface area (Å²) in [6.45, 7) is -0.177. The molecule has 1 amide bonds. The normalized spacial score (nSPS) is 16.0. The van der Waals surface area contributed by atoms with Gasteiger partial charge in [0.25, 0.3) is 0 Å². The fraction of sp³-hybridized carbons (Fsp3) is 0.273. The van der Waals surface area contributed by atoms with Crippen molar-refractivity contribution in [2.45, 2.75) is 13.0 Å². The van der Waals surface area contributed by atoms with Crippen LogP contribution in [0.15, 0.2) is 18.2 Å². The van der Waals surface area contributed by atoms with Crippen molar-refractivity contribution < 1.29 is 14.7 Å². The minimum absolute atomic E-state index is 0.0373. The molecular formula is C11H10ClNO3. The van der Waals surface area contributed by atoms with Gasteiger partial charge in [-0.3, -0.25) is 9.59 Å². The van der Waals surface area contributed by atoms with Gasteiger partial charge in [0.15, 0.2) is 5.78 Å². The van der Waals surface area contributed by atoms with E-state index in [2.05, 4.69) is 0 Å². The van der Waals surface area contributed by atoms with E-state index >= 15 is 0 Å². The Bertz CT molecular complexity index is 459. The third-order valence-corrected chi connectivity index (χ3v) is 2.80. The van der Waals surface area contributed by atoms with Crippen LogP contribution in [-0.2, 0) is 16.2 Å². The summed E-state index contributed by atoms with van der Waals surface area (Å²) >= 11 is 5.98. The lowest BCUT2D eigenvalue weighted by atomic mass is 10.1. The van der Waals surface area contributed by atoms with Gasteiger partial charge < -0.3 is 10.0 Å². The van der Waals surface area contributed by atoms with E-state index in [1.807, 2.05) is 0 Å². The van der Waals surface area contributed by atoms with Gasteiger partial charge in [-0.1, -0.05) is 23.7 Å². The zero-order chi connectivity index (χ0) is 11.7. The number of carbonyl (C=O) groups excluding carboxylic acids is 2. The van der Waals surface area contributed by atoms with Crippen molar-refractivity contribution in [3.05, 3.63) is 28.8 Å². The number of amides is 1. The number of para-hydroxylation sites is 1. The molecule has 0 radical (unpaired) electrons. The number of carbonyl (C=O) groups is 2. The highest BCUT2D eigenvalue weighted by molar-refractivity contribution is 6.34. The highest BCUT2D eigenvalue weighted by Gasteiger charge is 2.31. The van der Waals surface area contributed by atoms with Crippen LogP contribution < -0.4 is 4.90 Å². The van der Waals surface area contributed by atoms with Crippen molar-refractivity contribution in [3.63, 3.8) is 0 Å². The van der Waals surface area contributed by atoms with Gasteiger partial charge in [0.05, 0.1) is 30.3 Å². The van der Waals surface area contributed by atoms with Crippen molar-refractivity contribution >= 4 is 29.0 Å². The topological polar surface area (TPSA) is 57.6 Å². The number of Topliss-reactive ketones (excluding diaryl/α,β-unsaturated/α-hetero) is 1. The average Bonchev–Trinajstić information content (AvgIpc) is 2.57. The molecule has 1 saturated heterocycles. The van der Waals surface area contributed by atoms with Crippen molar-refractivity contribution in [1.29, 1.82) is 0 Å². The lowest BCUT2D eigenvalue weighted by Crippen LogP contribution is -2.26. The molecule has 0 bridgehead atoms. The number of rotatable bonds is 2. The first-order valence-corrected chi connectivity index (χ1v) is 5.21. The number of benzene rings is 1. The van der Waals surface area contributed by atoms with Crippen LogP contribution in [0.1, 0.15) is 12.0 Å². The Morgan fingerprint density at radius 2 is 2.12 bits per heavy atom. The standard InChI is InChI=1S/C11H10ClNO3/c12-9-3-1-2-7(6-14)11(9)13-5-8(15)4-10(13)16/h1-3,14H,4-6H2. The molecule has 16 heavy (non-hydrogen) atoms. The van der Waals surface area contributed by atoms with Crippen LogP contribution in [-0.4, -0.2) is 23.3 Å². The first kappa shape index (κ1) is 11.1. The van der Waals surface area contributed by atoms with Gasteiger partial charge in [-0.2, -0.15) is 0 Å². The molecule has 0 spiro atoms. The smallest absolute Gasteiger partial charge is 0.234 e. The Labute approximate surface area is 97.4 Å². The second kappa shape index (κ2) is 4.23. The van der Waals surface area contributed by atoms with E-state index in [0.29, 0.717) is 16.3 Å². The molecule has 0 aromatic heterocycles. The summed E-state index contributed by atoms with van der Waals surface area (Å²) in [5, 5.41) is 9.54. The van der Waals surface area contributed by atoms with Crippen LogP contribution in [0.2, 0.25) is 5.02 Å². The second-order valence-corrected chi connectivity index (χ2v) is 4.01. The van der Waals surface area contributed by atoms with E-state index in [-0.39, 0.29) is 31.3 Å². The molecule has 0 saturated carbocycles. The van der Waals surface area contributed by atoms with Gasteiger partial charge in [0.1, 0.15) is 0 Å². The Balaban J connectivity index is 2.47. The van der Waals surface area contributed by atoms with Gasteiger partial charge in [-0.25, -0.2) is 0 Å². The minimum atomic E-state index is -0.271. The van der Waals surface area contributed by atoms with Gasteiger partial charge in [0, 0.05) is 5.56 Å². The number of halogens is 1. The molecule has 1 aliphatic heterocycles. The van der Waals surface area contributed by atoms with Gasteiger partial charge in [-0.15, -0.1) is 0 Å². The van der Waals surface area contributed by atoms with E-state index < -0.39 is 0 Å². The third-order valence-electron chi connectivity index (χ3n) is 2.49. The molecule has 0 atom stereocenters. The Morgan fingerprint density at radius 1 is 1.38 bits per heavy atom. The first-order chi connectivity index (χ1) is 7.63. The summed E-state index contributed by atoms with van der Waals surface area (Å²) in [7, 11) is 0. The largest absolute Gasteiger partial charge is 0.392 e. The molecule has 0 unspecified atom stereocenters. The molecule has 1 aliphatic rings. The number of aliphatic hydroxyl groups excluding tert-OH is 1. The third kappa shape index (κ3) is 1.81. The maximum absolute atomic E-state index is 11.6. The summed E-state index contributed by atoms with van der Waals surface area (Å²) in [6.07, 6.45) is -0.0872. The van der Waals surface area contributed by atoms with Crippen molar-refractivity contribution in [2.24, 2.45) is 0 Å². The van der Waals surface area contributed by atoms with E-state index in [1.165, 1.54) is 4.90 Å². The number of nitrogens with zero attached hydrogens (tertiary/aromatic N) is 1. The van der Waals surface area contributed by atoms with E-state index in [1.54, 1.807) is 18.2 Å². The highest BCUT2D eigenvalue weighted by atomic mass is 35.5. The first-order valence-electron chi connectivity index (χ1n) is 4.84.